The summed E-state index contributed by atoms with van der Waals surface area (Å²) in [4.78, 5) is 0. The van der Waals surface area contributed by atoms with Gasteiger partial charge in [0.2, 0.25) is 0 Å². The number of hydrogen-bond donors (Lipinski definition) is 1. The lowest BCUT2D eigenvalue weighted by molar-refractivity contribution is 0.464. The van der Waals surface area contributed by atoms with E-state index in [-0.39, 0.29) is 11.9 Å². The minimum atomic E-state index is -0.108. The van der Waals surface area contributed by atoms with E-state index < -0.39 is 0 Å². The fourth-order valence-electron chi connectivity index (χ4n) is 2.02. The second-order valence-electron chi connectivity index (χ2n) is 4.38. The molecule has 16 heavy (non-hydrogen) atoms. The Kier molecular flexibility index (Phi) is 4.24. The van der Waals surface area contributed by atoms with Crippen molar-refractivity contribution < 1.29 is 4.39 Å². The van der Waals surface area contributed by atoms with Crippen molar-refractivity contribution >= 4 is 11.8 Å². The molecule has 2 unspecified atom stereocenters. The number of nitrogens with one attached hydrogen (secondary N) is 1. The van der Waals surface area contributed by atoms with Crippen LogP contribution in [0.2, 0.25) is 0 Å². The zero-order valence-corrected chi connectivity index (χ0v) is 10.4. The average Bonchev–Trinajstić information content (AvgIpc) is 2.79. The van der Waals surface area contributed by atoms with Crippen LogP contribution < -0.4 is 5.32 Å². The highest BCUT2D eigenvalue weighted by Gasteiger charge is 2.17. The highest BCUT2D eigenvalue weighted by atomic mass is 32.2. The Morgan fingerprint density at radius 2 is 2.31 bits per heavy atom. The summed E-state index contributed by atoms with van der Waals surface area (Å²) >= 11 is 2.02. The first kappa shape index (κ1) is 11.9. The minimum absolute atomic E-state index is 0.104. The van der Waals surface area contributed by atoms with Gasteiger partial charge in [0.05, 0.1) is 0 Å². The first-order chi connectivity index (χ1) is 7.77. The van der Waals surface area contributed by atoms with Crippen LogP contribution in [0.1, 0.15) is 24.9 Å². The first-order valence-corrected chi connectivity index (χ1v) is 6.98. The van der Waals surface area contributed by atoms with Crippen molar-refractivity contribution in [1.29, 1.82) is 0 Å². The fraction of sp³-hybridized carbons (Fsp3) is 0.538. The van der Waals surface area contributed by atoms with Gasteiger partial charge in [-0.1, -0.05) is 18.2 Å². The highest BCUT2D eigenvalue weighted by Crippen LogP contribution is 2.24. The van der Waals surface area contributed by atoms with Gasteiger partial charge in [-0.05, 0) is 43.4 Å². The lowest BCUT2D eigenvalue weighted by Gasteiger charge is -2.17. The number of rotatable bonds is 4. The molecule has 1 heterocycles. The van der Waals surface area contributed by atoms with Crippen LogP contribution in [0, 0.1) is 11.7 Å². The predicted molar refractivity (Wildman–Crippen MR) is 68.2 cm³/mol. The molecule has 0 spiro atoms. The quantitative estimate of drug-likeness (QED) is 0.865. The van der Waals surface area contributed by atoms with Crippen LogP contribution in [0.4, 0.5) is 4.39 Å². The Morgan fingerprint density at radius 3 is 3.00 bits per heavy atom. The van der Waals surface area contributed by atoms with Crippen LogP contribution in [0.5, 0.6) is 0 Å². The van der Waals surface area contributed by atoms with Crippen molar-refractivity contribution in [2.75, 3.05) is 18.1 Å². The average molecular weight is 239 g/mol. The maximum absolute atomic E-state index is 13.5. The molecule has 1 nitrogen and oxygen atoms in total. The van der Waals surface area contributed by atoms with Gasteiger partial charge in [0.15, 0.2) is 0 Å². The molecule has 1 saturated heterocycles. The van der Waals surface area contributed by atoms with Crippen molar-refractivity contribution in [1.82, 2.24) is 5.32 Å². The van der Waals surface area contributed by atoms with E-state index >= 15 is 0 Å². The molecule has 1 aliphatic rings. The molecule has 0 radical (unpaired) electrons. The lowest BCUT2D eigenvalue weighted by Crippen LogP contribution is -2.26. The summed E-state index contributed by atoms with van der Waals surface area (Å²) in [6.45, 7) is 3.03. The van der Waals surface area contributed by atoms with Crippen LogP contribution >= 0.6 is 11.8 Å². The molecular formula is C13H18FNS. The van der Waals surface area contributed by atoms with Gasteiger partial charge in [-0.3, -0.25) is 0 Å². The minimum Gasteiger partial charge on any atom is -0.310 e. The zero-order chi connectivity index (χ0) is 11.4. The van der Waals surface area contributed by atoms with E-state index in [0.717, 1.165) is 18.0 Å². The second-order valence-corrected chi connectivity index (χ2v) is 5.53. The Labute approximate surface area is 101 Å². The van der Waals surface area contributed by atoms with Crippen molar-refractivity contribution in [3.8, 4) is 0 Å². The molecule has 1 N–H and O–H groups in total. The van der Waals surface area contributed by atoms with E-state index in [1.807, 2.05) is 30.8 Å². The standard InChI is InChI=1S/C13H18FNS/c1-10(12-4-2-3-5-13(12)14)15-8-11-6-7-16-9-11/h2-5,10-11,15H,6-9H2,1H3. The third-order valence-corrected chi connectivity index (χ3v) is 4.34. The summed E-state index contributed by atoms with van der Waals surface area (Å²) in [6, 6.07) is 7.11. The molecule has 1 aliphatic heterocycles. The van der Waals surface area contributed by atoms with Crippen LogP contribution in [0.25, 0.3) is 0 Å². The van der Waals surface area contributed by atoms with Crippen LogP contribution in [0.15, 0.2) is 24.3 Å². The molecule has 0 amide bonds. The SMILES string of the molecule is CC(NCC1CCSC1)c1ccccc1F. The van der Waals surface area contributed by atoms with E-state index in [2.05, 4.69) is 5.32 Å². The molecule has 0 aromatic heterocycles. The molecule has 0 saturated carbocycles. The number of hydrogen-bond acceptors (Lipinski definition) is 2. The van der Waals surface area contributed by atoms with Crippen molar-refractivity contribution in [3.05, 3.63) is 35.6 Å². The van der Waals surface area contributed by atoms with Crippen LogP contribution in [-0.4, -0.2) is 18.1 Å². The summed E-state index contributed by atoms with van der Waals surface area (Å²) in [5.74, 6) is 3.18. The monoisotopic (exact) mass is 239 g/mol. The van der Waals surface area contributed by atoms with Crippen molar-refractivity contribution in [2.24, 2.45) is 5.92 Å². The van der Waals surface area contributed by atoms with E-state index in [1.54, 1.807) is 6.07 Å². The number of halogens is 1. The summed E-state index contributed by atoms with van der Waals surface area (Å²) in [6.07, 6.45) is 1.29. The van der Waals surface area contributed by atoms with Crippen LogP contribution in [0.3, 0.4) is 0 Å². The number of thioether (sulfide) groups is 1. The second kappa shape index (κ2) is 5.69. The summed E-state index contributed by atoms with van der Waals surface area (Å²) in [7, 11) is 0. The van der Waals surface area contributed by atoms with Gasteiger partial charge in [0.1, 0.15) is 5.82 Å². The Balaban J connectivity index is 1.87. The maximum atomic E-state index is 13.5. The molecule has 2 rings (SSSR count). The fourth-order valence-corrected chi connectivity index (χ4v) is 3.31. The lowest BCUT2D eigenvalue weighted by atomic mass is 10.1. The smallest absolute Gasteiger partial charge is 0.127 e. The normalized spacial score (nSPS) is 22.2. The summed E-state index contributed by atoms with van der Waals surface area (Å²) in [5, 5.41) is 3.43. The largest absolute Gasteiger partial charge is 0.310 e. The Hall–Kier alpha value is -0.540. The topological polar surface area (TPSA) is 12.0 Å². The van der Waals surface area contributed by atoms with Gasteiger partial charge in [0.25, 0.3) is 0 Å². The van der Waals surface area contributed by atoms with Gasteiger partial charge in [0, 0.05) is 11.6 Å². The Morgan fingerprint density at radius 1 is 1.50 bits per heavy atom. The molecule has 0 bridgehead atoms. The molecular weight excluding hydrogens is 221 g/mol. The van der Waals surface area contributed by atoms with Crippen molar-refractivity contribution in [2.45, 2.75) is 19.4 Å². The molecule has 3 heteroatoms. The summed E-state index contributed by atoms with van der Waals surface area (Å²) in [5.41, 5.74) is 0.771. The molecule has 1 aromatic rings. The van der Waals surface area contributed by atoms with E-state index in [4.69, 9.17) is 0 Å². The molecule has 1 fully saturated rings. The molecule has 0 aliphatic carbocycles. The van der Waals surface area contributed by atoms with E-state index in [1.165, 1.54) is 24.0 Å². The van der Waals surface area contributed by atoms with Gasteiger partial charge >= 0.3 is 0 Å². The van der Waals surface area contributed by atoms with Gasteiger partial charge in [-0.15, -0.1) is 0 Å². The zero-order valence-electron chi connectivity index (χ0n) is 9.58. The maximum Gasteiger partial charge on any atom is 0.127 e. The van der Waals surface area contributed by atoms with E-state index in [9.17, 15) is 4.39 Å². The van der Waals surface area contributed by atoms with Gasteiger partial charge in [-0.25, -0.2) is 4.39 Å². The summed E-state index contributed by atoms with van der Waals surface area (Å²) < 4.78 is 13.5. The number of benzene rings is 1. The van der Waals surface area contributed by atoms with Gasteiger partial charge in [-0.2, -0.15) is 11.8 Å². The predicted octanol–water partition coefficient (Wildman–Crippen LogP) is 3.23. The van der Waals surface area contributed by atoms with E-state index in [0.29, 0.717) is 0 Å². The molecule has 1 aromatic carbocycles. The Bertz CT molecular complexity index is 336. The van der Waals surface area contributed by atoms with Crippen LogP contribution in [-0.2, 0) is 0 Å². The molecule has 2 atom stereocenters. The molecule has 88 valence electrons. The van der Waals surface area contributed by atoms with Gasteiger partial charge < -0.3 is 5.32 Å². The van der Waals surface area contributed by atoms with Crippen molar-refractivity contribution in [3.63, 3.8) is 0 Å². The first-order valence-electron chi connectivity index (χ1n) is 5.83. The third-order valence-electron chi connectivity index (χ3n) is 3.11. The highest BCUT2D eigenvalue weighted by molar-refractivity contribution is 7.99. The third kappa shape index (κ3) is 2.98.